The normalized spacial score (nSPS) is 14.9. The van der Waals surface area contributed by atoms with Gasteiger partial charge in [0.2, 0.25) is 5.88 Å². The minimum Gasteiger partial charge on any atom is -0.497 e. The van der Waals surface area contributed by atoms with Crippen molar-refractivity contribution < 1.29 is 9.47 Å². The number of hydrogen-bond donors (Lipinski definition) is 2. The van der Waals surface area contributed by atoms with Crippen LogP contribution in [-0.2, 0) is 0 Å². The summed E-state index contributed by atoms with van der Waals surface area (Å²) in [7, 11) is 1.63. The number of nitrogens with two attached hydrogens (primary N) is 1. The molecule has 1 fully saturated rings. The van der Waals surface area contributed by atoms with Crippen LogP contribution in [0.5, 0.6) is 17.4 Å². The van der Waals surface area contributed by atoms with Gasteiger partial charge in [0.1, 0.15) is 23.5 Å². The van der Waals surface area contributed by atoms with Gasteiger partial charge in [-0.3, -0.25) is 0 Å². The number of benzene rings is 1. The van der Waals surface area contributed by atoms with E-state index in [0.29, 0.717) is 23.1 Å². The molecule has 0 bridgehead atoms. The lowest BCUT2D eigenvalue weighted by molar-refractivity contribution is 0.237. The maximum Gasteiger partial charge on any atom is 0.248 e. The van der Waals surface area contributed by atoms with Gasteiger partial charge in [-0.1, -0.05) is 6.42 Å². The largest absolute Gasteiger partial charge is 0.497 e. The molecule has 0 atom stereocenters. The van der Waals surface area contributed by atoms with E-state index in [2.05, 4.69) is 20.2 Å². The van der Waals surface area contributed by atoms with Crippen molar-refractivity contribution in [2.45, 2.75) is 19.3 Å². The van der Waals surface area contributed by atoms with Crippen LogP contribution in [0, 0.1) is 0 Å². The highest BCUT2D eigenvalue weighted by molar-refractivity contribution is 5.66. The molecule has 0 unspecified atom stereocenters. The lowest BCUT2D eigenvalue weighted by Crippen LogP contribution is -2.33. The fraction of sp³-hybridized carbons (Fsp3) is 0.444. The second-order valence-corrected chi connectivity index (χ2v) is 6.05. The van der Waals surface area contributed by atoms with Gasteiger partial charge in [-0.25, -0.2) is 4.98 Å². The average molecular weight is 343 g/mol. The Hall–Kier alpha value is -2.54. The van der Waals surface area contributed by atoms with Gasteiger partial charge in [-0.2, -0.15) is 4.98 Å². The molecule has 1 saturated heterocycles. The SMILES string of the molecule is COc1ccc(Oc2ncnc(NCCN3CCCCC3)c2N)cc1. The lowest BCUT2D eigenvalue weighted by atomic mass is 10.1. The summed E-state index contributed by atoms with van der Waals surface area (Å²) < 4.78 is 10.9. The third kappa shape index (κ3) is 4.73. The van der Waals surface area contributed by atoms with Crippen LogP contribution in [0.2, 0.25) is 0 Å². The summed E-state index contributed by atoms with van der Waals surface area (Å²) in [6, 6.07) is 7.27. The Morgan fingerprint density at radius 3 is 2.52 bits per heavy atom. The van der Waals surface area contributed by atoms with Gasteiger partial charge in [-0.15, -0.1) is 0 Å². The number of rotatable bonds is 7. The molecule has 25 heavy (non-hydrogen) atoms. The molecule has 0 amide bonds. The third-order valence-corrected chi connectivity index (χ3v) is 4.29. The van der Waals surface area contributed by atoms with E-state index < -0.39 is 0 Å². The Morgan fingerprint density at radius 1 is 1.08 bits per heavy atom. The topological polar surface area (TPSA) is 85.5 Å². The molecule has 134 valence electrons. The van der Waals surface area contributed by atoms with Crippen molar-refractivity contribution in [3.05, 3.63) is 30.6 Å². The number of ether oxygens (including phenoxy) is 2. The van der Waals surface area contributed by atoms with E-state index in [1.807, 2.05) is 24.3 Å². The van der Waals surface area contributed by atoms with Crippen LogP contribution in [0.15, 0.2) is 30.6 Å². The van der Waals surface area contributed by atoms with E-state index in [1.165, 1.54) is 38.7 Å². The highest BCUT2D eigenvalue weighted by atomic mass is 16.5. The highest BCUT2D eigenvalue weighted by Crippen LogP contribution is 2.29. The monoisotopic (exact) mass is 343 g/mol. The Labute approximate surface area is 148 Å². The summed E-state index contributed by atoms with van der Waals surface area (Å²) in [5.74, 6) is 2.37. The van der Waals surface area contributed by atoms with Gasteiger partial charge in [0.05, 0.1) is 7.11 Å². The quantitative estimate of drug-likeness (QED) is 0.799. The Balaban J connectivity index is 1.58. The third-order valence-electron chi connectivity index (χ3n) is 4.29. The zero-order chi connectivity index (χ0) is 17.5. The van der Waals surface area contributed by atoms with Crippen LogP contribution in [0.25, 0.3) is 0 Å². The number of hydrogen-bond acceptors (Lipinski definition) is 7. The summed E-state index contributed by atoms with van der Waals surface area (Å²) in [4.78, 5) is 10.8. The van der Waals surface area contributed by atoms with Crippen molar-refractivity contribution in [1.29, 1.82) is 0 Å². The van der Waals surface area contributed by atoms with Crippen molar-refractivity contribution >= 4 is 11.5 Å². The first-order valence-electron chi connectivity index (χ1n) is 8.65. The molecule has 1 aliphatic rings. The molecule has 2 aromatic rings. The van der Waals surface area contributed by atoms with Crippen molar-refractivity contribution in [1.82, 2.24) is 14.9 Å². The Morgan fingerprint density at radius 2 is 1.80 bits per heavy atom. The summed E-state index contributed by atoms with van der Waals surface area (Å²) in [6.45, 7) is 4.13. The summed E-state index contributed by atoms with van der Waals surface area (Å²) >= 11 is 0. The van der Waals surface area contributed by atoms with Crippen molar-refractivity contribution in [3.63, 3.8) is 0 Å². The molecule has 1 aliphatic heterocycles. The molecular formula is C18H25N5O2. The lowest BCUT2D eigenvalue weighted by Gasteiger charge is -2.26. The molecule has 1 aromatic carbocycles. The van der Waals surface area contributed by atoms with Crippen LogP contribution >= 0.6 is 0 Å². The second kappa shape index (κ2) is 8.53. The number of anilines is 2. The zero-order valence-electron chi connectivity index (χ0n) is 14.6. The summed E-state index contributed by atoms with van der Waals surface area (Å²) in [6.07, 6.45) is 5.37. The van der Waals surface area contributed by atoms with Crippen LogP contribution in [0.3, 0.4) is 0 Å². The minimum absolute atomic E-state index is 0.348. The van der Waals surface area contributed by atoms with Crippen molar-refractivity contribution in [3.8, 4) is 17.4 Å². The standard InChI is InChI=1S/C18H25N5O2/c1-24-14-5-7-15(8-6-14)25-18-16(19)17(21-13-22-18)20-9-12-23-10-3-2-4-11-23/h5-8,13H,2-4,9-12,19H2,1H3,(H,20,21,22). The maximum atomic E-state index is 6.16. The smallest absolute Gasteiger partial charge is 0.248 e. The van der Waals surface area contributed by atoms with Gasteiger partial charge < -0.3 is 25.4 Å². The van der Waals surface area contributed by atoms with Crippen LogP contribution in [0.4, 0.5) is 11.5 Å². The predicted molar refractivity (Wildman–Crippen MR) is 98.3 cm³/mol. The van der Waals surface area contributed by atoms with Gasteiger partial charge >= 0.3 is 0 Å². The first-order valence-corrected chi connectivity index (χ1v) is 8.65. The molecule has 2 heterocycles. The number of nitrogens with one attached hydrogen (secondary N) is 1. The molecular weight excluding hydrogens is 318 g/mol. The van der Waals surface area contributed by atoms with Gasteiger partial charge in [0.25, 0.3) is 0 Å². The zero-order valence-corrected chi connectivity index (χ0v) is 14.6. The minimum atomic E-state index is 0.348. The summed E-state index contributed by atoms with van der Waals surface area (Å²) in [5.41, 5.74) is 6.57. The molecule has 1 aromatic heterocycles. The number of aromatic nitrogens is 2. The highest BCUT2D eigenvalue weighted by Gasteiger charge is 2.12. The molecule has 0 aliphatic carbocycles. The summed E-state index contributed by atoms with van der Waals surface area (Å²) in [5, 5.41) is 3.29. The molecule has 3 N–H and O–H groups in total. The van der Waals surface area contributed by atoms with E-state index in [-0.39, 0.29) is 0 Å². The van der Waals surface area contributed by atoms with Crippen LogP contribution in [0.1, 0.15) is 19.3 Å². The van der Waals surface area contributed by atoms with Crippen LogP contribution in [-0.4, -0.2) is 48.2 Å². The number of piperidine rings is 1. The molecule has 3 rings (SSSR count). The molecule has 0 saturated carbocycles. The van der Waals surface area contributed by atoms with E-state index in [4.69, 9.17) is 15.2 Å². The van der Waals surface area contributed by atoms with Gasteiger partial charge in [-0.05, 0) is 50.2 Å². The van der Waals surface area contributed by atoms with E-state index in [0.717, 1.165) is 18.8 Å². The fourth-order valence-corrected chi connectivity index (χ4v) is 2.87. The van der Waals surface area contributed by atoms with Crippen molar-refractivity contribution in [2.24, 2.45) is 0 Å². The predicted octanol–water partition coefficient (Wildman–Crippen LogP) is 2.76. The number of nitrogens with zero attached hydrogens (tertiary/aromatic N) is 3. The van der Waals surface area contributed by atoms with Gasteiger partial charge in [0.15, 0.2) is 5.82 Å². The Bertz CT molecular complexity index is 672. The molecule has 7 nitrogen and oxygen atoms in total. The number of likely N-dealkylation sites (tertiary alicyclic amines) is 1. The molecule has 7 heteroatoms. The second-order valence-electron chi connectivity index (χ2n) is 6.05. The van der Waals surface area contributed by atoms with E-state index in [1.54, 1.807) is 7.11 Å². The molecule has 0 radical (unpaired) electrons. The van der Waals surface area contributed by atoms with Crippen LogP contribution < -0.4 is 20.5 Å². The van der Waals surface area contributed by atoms with Crippen molar-refractivity contribution in [2.75, 3.05) is 44.3 Å². The molecule has 0 spiro atoms. The first kappa shape index (κ1) is 17.3. The fourth-order valence-electron chi connectivity index (χ4n) is 2.87. The first-order chi connectivity index (χ1) is 12.3. The van der Waals surface area contributed by atoms with E-state index >= 15 is 0 Å². The number of methoxy groups -OCH3 is 1. The van der Waals surface area contributed by atoms with Gasteiger partial charge in [0, 0.05) is 13.1 Å². The van der Waals surface area contributed by atoms with E-state index in [9.17, 15) is 0 Å². The number of nitrogen functional groups attached to an aromatic ring is 1. The average Bonchev–Trinajstić information content (AvgIpc) is 2.66. The Kier molecular flexibility index (Phi) is 5.90. The maximum absolute atomic E-state index is 6.16.